The van der Waals surface area contributed by atoms with E-state index in [4.69, 9.17) is 9.84 Å². The monoisotopic (exact) mass is 257 g/mol. The fraction of sp³-hybridized carbons (Fsp3) is 0. The van der Waals surface area contributed by atoms with E-state index in [0.717, 1.165) is 0 Å². The average Bonchev–Trinajstić information content (AvgIpc) is 2.42. The molecule has 0 bridgehead atoms. The number of ether oxygens (including phenoxy) is 1. The van der Waals surface area contributed by atoms with Crippen molar-refractivity contribution in [1.29, 1.82) is 0 Å². The lowest BCUT2D eigenvalue weighted by Crippen LogP contribution is -1.96. The predicted octanol–water partition coefficient (Wildman–Crippen LogP) is 2.75. The van der Waals surface area contributed by atoms with Crippen molar-refractivity contribution in [2.75, 3.05) is 5.32 Å². The fourth-order valence-electron chi connectivity index (χ4n) is 1.52. The van der Waals surface area contributed by atoms with Crippen LogP contribution in [-0.4, -0.2) is 17.5 Å². The van der Waals surface area contributed by atoms with Crippen molar-refractivity contribution in [2.24, 2.45) is 0 Å². The molecular weight excluding hydrogens is 246 g/mol. The minimum absolute atomic E-state index is 0.164. The second kappa shape index (κ2) is 5.68. The van der Waals surface area contributed by atoms with Gasteiger partial charge >= 0.3 is 5.97 Å². The molecule has 0 aromatic heterocycles. The Morgan fingerprint density at radius 1 is 1.11 bits per heavy atom. The molecule has 2 rings (SSSR count). The zero-order valence-corrected chi connectivity index (χ0v) is 9.87. The molecule has 0 saturated carbocycles. The number of carboxylic acid groups (broad SMARTS) is 1. The first-order valence-corrected chi connectivity index (χ1v) is 5.50. The molecular formula is C14H11NO4. The zero-order valence-electron chi connectivity index (χ0n) is 9.87. The van der Waals surface area contributed by atoms with Gasteiger partial charge in [-0.3, -0.25) is 4.79 Å². The van der Waals surface area contributed by atoms with Crippen LogP contribution in [0.15, 0.2) is 48.5 Å². The summed E-state index contributed by atoms with van der Waals surface area (Å²) in [5, 5.41) is 11.4. The number of carboxylic acids is 1. The van der Waals surface area contributed by atoms with Crippen molar-refractivity contribution in [2.45, 2.75) is 0 Å². The molecule has 0 atom stereocenters. The molecule has 96 valence electrons. The van der Waals surface area contributed by atoms with E-state index in [1.54, 1.807) is 36.4 Å². The molecule has 0 aliphatic carbocycles. The molecule has 1 amide bonds. The van der Waals surface area contributed by atoms with E-state index in [-0.39, 0.29) is 5.56 Å². The second-order valence-electron chi connectivity index (χ2n) is 3.72. The zero-order chi connectivity index (χ0) is 13.7. The number of rotatable bonds is 5. The Bertz CT molecular complexity index is 593. The van der Waals surface area contributed by atoms with Crippen molar-refractivity contribution >= 4 is 18.1 Å². The summed E-state index contributed by atoms with van der Waals surface area (Å²) in [4.78, 5) is 21.1. The highest BCUT2D eigenvalue weighted by Crippen LogP contribution is 2.23. The van der Waals surface area contributed by atoms with E-state index in [2.05, 4.69) is 5.32 Å². The maximum absolute atomic E-state index is 10.8. The van der Waals surface area contributed by atoms with E-state index >= 15 is 0 Å². The van der Waals surface area contributed by atoms with Crippen molar-refractivity contribution in [3.05, 3.63) is 54.1 Å². The van der Waals surface area contributed by atoms with E-state index in [1.165, 1.54) is 12.1 Å². The Morgan fingerprint density at radius 2 is 1.84 bits per heavy atom. The van der Waals surface area contributed by atoms with Crippen LogP contribution < -0.4 is 10.1 Å². The van der Waals surface area contributed by atoms with Crippen molar-refractivity contribution in [3.8, 4) is 11.5 Å². The Labute approximate surface area is 109 Å². The molecule has 0 radical (unpaired) electrons. The van der Waals surface area contributed by atoms with Crippen molar-refractivity contribution in [3.63, 3.8) is 0 Å². The number of aromatic carboxylic acids is 1. The van der Waals surface area contributed by atoms with Gasteiger partial charge in [-0.2, -0.15) is 0 Å². The van der Waals surface area contributed by atoms with Crippen molar-refractivity contribution in [1.82, 2.24) is 0 Å². The first-order chi connectivity index (χ1) is 9.19. The van der Waals surface area contributed by atoms with Crippen LogP contribution in [0.4, 0.5) is 5.69 Å². The standard InChI is InChI=1S/C14H11NO4/c16-9-15-11-4-6-12(7-5-11)19-13-3-1-2-10(8-13)14(17)18/h1-9H,(H,15,16)(H,17,18). The van der Waals surface area contributed by atoms with Gasteiger partial charge in [-0.15, -0.1) is 0 Å². The number of carbonyl (C=O) groups is 2. The number of hydrogen-bond acceptors (Lipinski definition) is 3. The number of nitrogens with one attached hydrogen (secondary N) is 1. The number of hydrogen-bond donors (Lipinski definition) is 2. The van der Waals surface area contributed by atoms with Gasteiger partial charge in [0.05, 0.1) is 5.56 Å². The lowest BCUT2D eigenvalue weighted by Gasteiger charge is -2.07. The number of carbonyl (C=O) groups excluding carboxylic acids is 1. The summed E-state index contributed by atoms with van der Waals surface area (Å²) in [5.74, 6) is -0.00837. The van der Waals surface area contributed by atoms with Crippen LogP contribution >= 0.6 is 0 Å². The van der Waals surface area contributed by atoms with Crippen LogP contribution in [0, 0.1) is 0 Å². The Kier molecular flexibility index (Phi) is 3.78. The summed E-state index contributed by atoms with van der Waals surface area (Å²) in [6, 6.07) is 12.9. The van der Waals surface area contributed by atoms with Gasteiger partial charge in [0.25, 0.3) is 0 Å². The summed E-state index contributed by atoms with van der Waals surface area (Å²) in [6.07, 6.45) is 0.589. The van der Waals surface area contributed by atoms with Crippen LogP contribution in [0.2, 0.25) is 0 Å². The number of benzene rings is 2. The van der Waals surface area contributed by atoms with Crippen LogP contribution in [0.5, 0.6) is 11.5 Å². The second-order valence-corrected chi connectivity index (χ2v) is 3.72. The SMILES string of the molecule is O=CNc1ccc(Oc2cccc(C(=O)O)c2)cc1. The Hall–Kier alpha value is -2.82. The number of amides is 1. The summed E-state index contributed by atoms with van der Waals surface area (Å²) in [6.45, 7) is 0. The lowest BCUT2D eigenvalue weighted by atomic mass is 10.2. The quantitative estimate of drug-likeness (QED) is 0.807. The molecule has 0 aliphatic rings. The van der Waals surface area contributed by atoms with Gasteiger partial charge in [0.15, 0.2) is 0 Å². The highest BCUT2D eigenvalue weighted by molar-refractivity contribution is 5.88. The molecule has 5 heteroatoms. The molecule has 0 spiro atoms. The predicted molar refractivity (Wildman–Crippen MR) is 69.6 cm³/mol. The molecule has 0 fully saturated rings. The molecule has 2 aromatic carbocycles. The first kappa shape index (κ1) is 12.6. The molecule has 2 N–H and O–H groups in total. The molecule has 19 heavy (non-hydrogen) atoms. The van der Waals surface area contributed by atoms with Gasteiger partial charge in [-0.25, -0.2) is 4.79 Å². The maximum atomic E-state index is 10.8. The number of anilines is 1. The van der Waals surface area contributed by atoms with E-state index in [9.17, 15) is 9.59 Å². The molecule has 0 heterocycles. The fourth-order valence-corrected chi connectivity index (χ4v) is 1.52. The van der Waals surface area contributed by atoms with E-state index in [0.29, 0.717) is 23.6 Å². The first-order valence-electron chi connectivity index (χ1n) is 5.50. The summed E-state index contributed by atoms with van der Waals surface area (Å²) in [7, 11) is 0. The van der Waals surface area contributed by atoms with Crippen LogP contribution in [0.3, 0.4) is 0 Å². The molecule has 0 unspecified atom stereocenters. The topological polar surface area (TPSA) is 75.6 Å². The lowest BCUT2D eigenvalue weighted by molar-refractivity contribution is -0.105. The molecule has 0 saturated heterocycles. The maximum Gasteiger partial charge on any atom is 0.335 e. The van der Waals surface area contributed by atoms with Gasteiger partial charge in [0, 0.05) is 5.69 Å². The highest BCUT2D eigenvalue weighted by atomic mass is 16.5. The van der Waals surface area contributed by atoms with E-state index in [1.807, 2.05) is 0 Å². The minimum atomic E-state index is -1.00. The average molecular weight is 257 g/mol. The third-order valence-corrected chi connectivity index (χ3v) is 2.40. The van der Waals surface area contributed by atoms with Gasteiger partial charge in [-0.05, 0) is 42.5 Å². The largest absolute Gasteiger partial charge is 0.478 e. The minimum Gasteiger partial charge on any atom is -0.478 e. The van der Waals surface area contributed by atoms with Gasteiger partial charge < -0.3 is 15.2 Å². The Balaban J connectivity index is 2.14. The summed E-state index contributed by atoms with van der Waals surface area (Å²) < 4.78 is 5.52. The van der Waals surface area contributed by atoms with Gasteiger partial charge in [0.2, 0.25) is 6.41 Å². The van der Waals surface area contributed by atoms with Crippen molar-refractivity contribution < 1.29 is 19.4 Å². The normalized spacial score (nSPS) is 9.68. The Morgan fingerprint density at radius 3 is 2.47 bits per heavy atom. The highest BCUT2D eigenvalue weighted by Gasteiger charge is 2.04. The molecule has 2 aromatic rings. The van der Waals surface area contributed by atoms with Gasteiger partial charge in [-0.1, -0.05) is 6.07 Å². The van der Waals surface area contributed by atoms with E-state index < -0.39 is 5.97 Å². The summed E-state index contributed by atoms with van der Waals surface area (Å²) in [5.41, 5.74) is 0.818. The van der Waals surface area contributed by atoms with Crippen LogP contribution in [-0.2, 0) is 4.79 Å². The third kappa shape index (κ3) is 3.32. The molecule has 5 nitrogen and oxygen atoms in total. The molecule has 0 aliphatic heterocycles. The summed E-state index contributed by atoms with van der Waals surface area (Å²) >= 11 is 0. The third-order valence-electron chi connectivity index (χ3n) is 2.40. The van der Waals surface area contributed by atoms with Crippen LogP contribution in [0.1, 0.15) is 10.4 Å². The van der Waals surface area contributed by atoms with Crippen LogP contribution in [0.25, 0.3) is 0 Å². The van der Waals surface area contributed by atoms with Gasteiger partial charge in [0.1, 0.15) is 11.5 Å². The smallest absolute Gasteiger partial charge is 0.335 e.